The molecule has 1 aromatic heterocycles. The molecule has 0 aliphatic carbocycles. The van der Waals surface area contributed by atoms with E-state index in [9.17, 15) is 9.59 Å². The van der Waals surface area contributed by atoms with Crippen LogP contribution >= 0.6 is 11.6 Å². The molecule has 6 heteroatoms. The Morgan fingerprint density at radius 1 is 1.11 bits per heavy atom. The topological polar surface area (TPSA) is 59.5 Å². The highest BCUT2D eigenvalue weighted by Crippen LogP contribution is 2.21. The van der Waals surface area contributed by atoms with Crippen molar-refractivity contribution in [2.24, 2.45) is 0 Å². The molecule has 3 rings (SSSR count). The molecule has 1 heterocycles. The summed E-state index contributed by atoms with van der Waals surface area (Å²) in [5, 5.41) is 0.830. The summed E-state index contributed by atoms with van der Waals surface area (Å²) in [6.07, 6.45) is 0. The van der Waals surface area contributed by atoms with Crippen molar-refractivity contribution in [2.45, 2.75) is 13.5 Å². The van der Waals surface area contributed by atoms with Crippen molar-refractivity contribution < 1.29 is 14.3 Å². The van der Waals surface area contributed by atoms with E-state index in [1.54, 1.807) is 25.2 Å². The number of pyridine rings is 1. The van der Waals surface area contributed by atoms with E-state index in [0.29, 0.717) is 23.0 Å². The Bertz CT molecular complexity index is 1000. The van der Waals surface area contributed by atoms with Gasteiger partial charge in [-0.3, -0.25) is 4.79 Å². The molecule has 5 nitrogen and oxygen atoms in total. The number of esters is 1. The molecular formula is C21H19ClN2O3. The number of nitrogens with zero attached hydrogens (tertiary/aromatic N) is 2. The predicted octanol–water partition coefficient (Wildman–Crippen LogP) is 4.01. The van der Waals surface area contributed by atoms with E-state index in [-0.39, 0.29) is 17.7 Å². The Hall–Kier alpha value is -2.92. The first kappa shape index (κ1) is 18.9. The number of fused-ring (bicyclic) bond motifs is 1. The monoisotopic (exact) mass is 382 g/mol. The number of likely N-dealkylation sites (N-methyl/N-ethyl adjacent to an activating group) is 1. The molecule has 0 bridgehead atoms. The molecule has 0 aliphatic rings. The fraction of sp³-hybridized carbons (Fsp3) is 0.190. The number of aromatic nitrogens is 1. The third-order valence-corrected chi connectivity index (χ3v) is 4.52. The maximum Gasteiger partial charge on any atom is 0.339 e. The van der Waals surface area contributed by atoms with Crippen LogP contribution in [0, 0.1) is 6.92 Å². The van der Waals surface area contributed by atoms with Crippen LogP contribution in [0.3, 0.4) is 0 Å². The van der Waals surface area contributed by atoms with Crippen LogP contribution in [0.2, 0.25) is 5.15 Å². The number of hydrogen-bond acceptors (Lipinski definition) is 4. The fourth-order valence-electron chi connectivity index (χ4n) is 2.76. The molecule has 0 N–H and O–H groups in total. The highest BCUT2D eigenvalue weighted by molar-refractivity contribution is 6.30. The average Bonchev–Trinajstić information content (AvgIpc) is 2.66. The molecule has 0 aliphatic heterocycles. The maximum absolute atomic E-state index is 12.5. The summed E-state index contributed by atoms with van der Waals surface area (Å²) < 4.78 is 5.23. The Labute approximate surface area is 162 Å². The lowest BCUT2D eigenvalue weighted by molar-refractivity contribution is -0.133. The van der Waals surface area contributed by atoms with Gasteiger partial charge in [0.25, 0.3) is 5.91 Å². The molecule has 1 amide bonds. The van der Waals surface area contributed by atoms with Crippen molar-refractivity contribution in [2.75, 3.05) is 13.7 Å². The van der Waals surface area contributed by atoms with Gasteiger partial charge in [-0.1, -0.05) is 54.1 Å². The summed E-state index contributed by atoms with van der Waals surface area (Å²) in [7, 11) is 1.68. The van der Waals surface area contributed by atoms with Gasteiger partial charge < -0.3 is 9.64 Å². The summed E-state index contributed by atoms with van der Waals surface area (Å²) in [6.45, 7) is 2.11. The molecule has 0 atom stereocenters. The van der Waals surface area contributed by atoms with Crippen molar-refractivity contribution in [3.05, 3.63) is 76.4 Å². The van der Waals surface area contributed by atoms with Gasteiger partial charge in [0, 0.05) is 19.0 Å². The van der Waals surface area contributed by atoms with Gasteiger partial charge in [0.05, 0.1) is 11.1 Å². The first-order valence-electron chi connectivity index (χ1n) is 8.46. The van der Waals surface area contributed by atoms with Crippen LogP contribution in [0.15, 0.2) is 54.6 Å². The van der Waals surface area contributed by atoms with Crippen LogP contribution in [0.25, 0.3) is 10.9 Å². The van der Waals surface area contributed by atoms with E-state index in [4.69, 9.17) is 16.3 Å². The molecule has 0 saturated carbocycles. The van der Waals surface area contributed by atoms with Gasteiger partial charge in [0.1, 0.15) is 5.15 Å². The molecule has 0 radical (unpaired) electrons. The van der Waals surface area contributed by atoms with Gasteiger partial charge in [-0.25, -0.2) is 9.78 Å². The zero-order chi connectivity index (χ0) is 19.4. The van der Waals surface area contributed by atoms with Gasteiger partial charge >= 0.3 is 5.97 Å². The lowest BCUT2D eigenvalue weighted by Crippen LogP contribution is -2.31. The summed E-state index contributed by atoms with van der Waals surface area (Å²) in [4.78, 5) is 30.5. The average molecular weight is 383 g/mol. The van der Waals surface area contributed by atoms with Crippen molar-refractivity contribution in [3.63, 3.8) is 0 Å². The van der Waals surface area contributed by atoms with Crippen LogP contribution in [-0.4, -0.2) is 35.4 Å². The standard InChI is InChI=1S/C21H19ClN2O3/c1-14-7-3-4-8-15(14)12-24(2)20(25)13-27-21(26)17-11-19(22)23-18-10-6-5-9-16(17)18/h3-11H,12-13H2,1-2H3. The largest absolute Gasteiger partial charge is 0.452 e. The first-order valence-corrected chi connectivity index (χ1v) is 8.84. The fourth-order valence-corrected chi connectivity index (χ4v) is 2.96. The highest BCUT2D eigenvalue weighted by atomic mass is 35.5. The Kier molecular flexibility index (Phi) is 5.72. The number of rotatable bonds is 5. The Balaban J connectivity index is 1.67. The van der Waals surface area contributed by atoms with Crippen LogP contribution < -0.4 is 0 Å². The molecular weight excluding hydrogens is 364 g/mol. The maximum atomic E-state index is 12.5. The van der Waals surface area contributed by atoms with Gasteiger partial charge in [-0.2, -0.15) is 0 Å². The van der Waals surface area contributed by atoms with Gasteiger partial charge in [0.2, 0.25) is 0 Å². The smallest absolute Gasteiger partial charge is 0.339 e. The summed E-state index contributed by atoms with van der Waals surface area (Å²) in [6, 6.07) is 16.4. The van der Waals surface area contributed by atoms with Crippen molar-refractivity contribution in [1.82, 2.24) is 9.88 Å². The molecule has 0 spiro atoms. The van der Waals surface area contributed by atoms with E-state index < -0.39 is 5.97 Å². The normalized spacial score (nSPS) is 10.6. The molecule has 138 valence electrons. The number of benzene rings is 2. The SMILES string of the molecule is Cc1ccccc1CN(C)C(=O)COC(=O)c1cc(Cl)nc2ccccc12. The van der Waals surface area contributed by atoms with Crippen LogP contribution in [0.1, 0.15) is 21.5 Å². The number of halogens is 1. The van der Waals surface area contributed by atoms with E-state index in [0.717, 1.165) is 11.1 Å². The number of carbonyl (C=O) groups excluding carboxylic acids is 2. The minimum atomic E-state index is -0.604. The molecule has 2 aromatic carbocycles. The van der Waals surface area contributed by atoms with Crippen LogP contribution in [0.5, 0.6) is 0 Å². The number of ether oxygens (including phenoxy) is 1. The second kappa shape index (κ2) is 8.18. The highest BCUT2D eigenvalue weighted by Gasteiger charge is 2.17. The van der Waals surface area contributed by atoms with Gasteiger partial charge in [-0.05, 0) is 30.2 Å². The number of amides is 1. The molecule has 0 saturated heterocycles. The van der Waals surface area contributed by atoms with E-state index in [1.807, 2.05) is 37.3 Å². The van der Waals surface area contributed by atoms with E-state index >= 15 is 0 Å². The van der Waals surface area contributed by atoms with Crippen molar-refractivity contribution >= 4 is 34.4 Å². The van der Waals surface area contributed by atoms with E-state index in [1.165, 1.54) is 11.0 Å². The minimum absolute atomic E-state index is 0.198. The molecule has 0 fully saturated rings. The zero-order valence-electron chi connectivity index (χ0n) is 15.1. The number of para-hydroxylation sites is 1. The summed E-state index contributed by atoms with van der Waals surface area (Å²) >= 11 is 5.99. The quantitative estimate of drug-likeness (QED) is 0.494. The predicted molar refractivity (Wildman–Crippen MR) is 105 cm³/mol. The zero-order valence-corrected chi connectivity index (χ0v) is 15.9. The third kappa shape index (κ3) is 4.44. The van der Waals surface area contributed by atoms with Crippen molar-refractivity contribution in [1.29, 1.82) is 0 Å². The lowest BCUT2D eigenvalue weighted by Gasteiger charge is -2.18. The number of aryl methyl sites for hydroxylation is 1. The minimum Gasteiger partial charge on any atom is -0.452 e. The third-order valence-electron chi connectivity index (χ3n) is 4.33. The summed E-state index contributed by atoms with van der Waals surface area (Å²) in [5.41, 5.74) is 3.04. The van der Waals surface area contributed by atoms with Crippen LogP contribution in [-0.2, 0) is 16.1 Å². The number of hydrogen-bond donors (Lipinski definition) is 0. The van der Waals surface area contributed by atoms with E-state index in [2.05, 4.69) is 4.98 Å². The molecule has 3 aromatic rings. The van der Waals surface area contributed by atoms with Gasteiger partial charge in [-0.15, -0.1) is 0 Å². The summed E-state index contributed by atoms with van der Waals surface area (Å²) in [5.74, 6) is -0.885. The van der Waals surface area contributed by atoms with Gasteiger partial charge in [0.15, 0.2) is 6.61 Å². The first-order chi connectivity index (χ1) is 13.0. The van der Waals surface area contributed by atoms with Crippen molar-refractivity contribution in [3.8, 4) is 0 Å². The Morgan fingerprint density at radius 2 is 1.81 bits per heavy atom. The Morgan fingerprint density at radius 3 is 2.59 bits per heavy atom. The second-order valence-corrected chi connectivity index (χ2v) is 6.65. The number of carbonyl (C=O) groups is 2. The molecule has 0 unspecified atom stereocenters. The molecule has 27 heavy (non-hydrogen) atoms. The second-order valence-electron chi connectivity index (χ2n) is 6.26. The lowest BCUT2D eigenvalue weighted by atomic mass is 10.1. The van der Waals surface area contributed by atoms with Crippen LogP contribution in [0.4, 0.5) is 0 Å².